The fourth-order valence-electron chi connectivity index (χ4n) is 9.05. The van der Waals surface area contributed by atoms with E-state index in [1.165, 1.54) is 198 Å². The highest BCUT2D eigenvalue weighted by atomic mass is 32.2. The van der Waals surface area contributed by atoms with Crippen LogP contribution in [0.15, 0.2) is 0 Å². The van der Waals surface area contributed by atoms with Crippen molar-refractivity contribution in [2.45, 2.75) is 271 Å². The Morgan fingerprint density at radius 1 is 0.582 bits per heavy atom. The molecule has 1 amide bonds. The molecular formula is C48H94N2O3S2. The molecule has 0 heterocycles. The summed E-state index contributed by atoms with van der Waals surface area (Å²) in [5.74, 6) is 0.878. The zero-order valence-electron chi connectivity index (χ0n) is 37.4. The maximum atomic E-state index is 13.2. The summed E-state index contributed by atoms with van der Waals surface area (Å²) in [5, 5.41) is 3.29. The van der Waals surface area contributed by atoms with Gasteiger partial charge in [0, 0.05) is 11.8 Å². The van der Waals surface area contributed by atoms with Crippen LogP contribution in [0, 0.1) is 10.8 Å². The minimum absolute atomic E-state index is 0.000471. The van der Waals surface area contributed by atoms with E-state index in [9.17, 15) is 9.59 Å². The molecule has 1 aliphatic carbocycles. The Labute approximate surface area is 352 Å². The monoisotopic (exact) mass is 811 g/mol. The Bertz CT molecular complexity index is 902. The summed E-state index contributed by atoms with van der Waals surface area (Å²) in [4.78, 5) is 26.1. The van der Waals surface area contributed by atoms with Crippen molar-refractivity contribution in [1.82, 2.24) is 5.32 Å². The summed E-state index contributed by atoms with van der Waals surface area (Å²) >= 11 is 2.38. The Morgan fingerprint density at radius 2 is 0.945 bits per heavy atom. The first kappa shape index (κ1) is 52.8. The third kappa shape index (κ3) is 30.5. The highest BCUT2D eigenvalue weighted by molar-refractivity contribution is 8.13. The van der Waals surface area contributed by atoms with Gasteiger partial charge in [0.15, 0.2) is 0 Å². The van der Waals surface area contributed by atoms with Crippen molar-refractivity contribution < 1.29 is 13.8 Å². The van der Waals surface area contributed by atoms with E-state index in [2.05, 4.69) is 39.9 Å². The van der Waals surface area contributed by atoms with Gasteiger partial charge < -0.3 is 15.2 Å². The second-order valence-corrected chi connectivity index (χ2v) is 20.6. The Hall–Kier alpha value is -0.240. The van der Waals surface area contributed by atoms with Crippen molar-refractivity contribution in [3.8, 4) is 0 Å². The lowest BCUT2D eigenvalue weighted by atomic mass is 9.60. The zero-order valence-corrected chi connectivity index (χ0v) is 39.1. The molecule has 0 aromatic rings. The van der Waals surface area contributed by atoms with Crippen LogP contribution in [0.1, 0.15) is 259 Å². The van der Waals surface area contributed by atoms with Gasteiger partial charge in [-0.05, 0) is 42.9 Å². The van der Waals surface area contributed by atoms with Gasteiger partial charge >= 0.3 is 0 Å². The molecule has 1 aliphatic rings. The zero-order chi connectivity index (χ0) is 40.3. The Morgan fingerprint density at radius 3 is 1.35 bits per heavy atom. The molecule has 0 aromatic heterocycles. The van der Waals surface area contributed by atoms with Crippen LogP contribution in [-0.4, -0.2) is 34.8 Å². The van der Waals surface area contributed by atoms with Crippen molar-refractivity contribution in [2.75, 3.05) is 12.4 Å². The van der Waals surface area contributed by atoms with Gasteiger partial charge in [-0.2, -0.15) is 0 Å². The van der Waals surface area contributed by atoms with Gasteiger partial charge in [0.1, 0.15) is 0 Å². The third-order valence-electron chi connectivity index (χ3n) is 12.2. The molecule has 55 heavy (non-hydrogen) atoms. The molecule has 7 heteroatoms. The molecule has 0 aliphatic heterocycles. The van der Waals surface area contributed by atoms with Crippen LogP contribution in [0.4, 0.5) is 4.79 Å². The van der Waals surface area contributed by atoms with Crippen LogP contribution >= 0.6 is 23.8 Å². The maximum absolute atomic E-state index is 13.2. The lowest BCUT2D eigenvalue weighted by Crippen LogP contribution is -2.54. The molecule has 5 nitrogen and oxygen atoms in total. The van der Waals surface area contributed by atoms with Gasteiger partial charge in [-0.1, -0.05) is 239 Å². The standard InChI is InChI=1S/C48H94N2O3S2/c1-6-8-10-12-14-16-18-20-22-24-26-28-30-32-34-36-38-53-55-45(51)44(49)48(5)41-43(40-47(3,4)42-48)50-46(52)54-39-37-35-33-31-29-27-25-23-21-19-17-15-13-11-9-7-2/h43-44H,6-42,49H2,1-5H3,(H,50,52). The fourth-order valence-corrected chi connectivity index (χ4v) is 10.5. The van der Waals surface area contributed by atoms with Crippen molar-refractivity contribution in [2.24, 2.45) is 16.6 Å². The van der Waals surface area contributed by atoms with Crippen LogP contribution in [-0.2, 0) is 8.98 Å². The maximum Gasteiger partial charge on any atom is 0.279 e. The number of hydrogen-bond acceptors (Lipinski definition) is 6. The Kier molecular flexibility index (Phi) is 34.2. The first-order valence-electron chi connectivity index (χ1n) is 24.2. The first-order chi connectivity index (χ1) is 26.6. The number of carbonyl (C=O) groups is 2. The number of carbonyl (C=O) groups excluding carboxylic acids is 2. The third-order valence-corrected chi connectivity index (χ3v) is 13.7. The van der Waals surface area contributed by atoms with Gasteiger partial charge in [0.05, 0.1) is 24.7 Å². The van der Waals surface area contributed by atoms with Crippen LogP contribution in [0.3, 0.4) is 0 Å². The molecule has 0 saturated heterocycles. The predicted octanol–water partition coefficient (Wildman–Crippen LogP) is 16.1. The summed E-state index contributed by atoms with van der Waals surface area (Å²) < 4.78 is 5.75. The van der Waals surface area contributed by atoms with E-state index in [1.807, 2.05) is 0 Å². The average Bonchev–Trinajstić information content (AvgIpc) is 3.14. The minimum Gasteiger partial charge on any atom is -0.344 e. The van der Waals surface area contributed by atoms with E-state index in [4.69, 9.17) is 9.92 Å². The molecule has 0 spiro atoms. The van der Waals surface area contributed by atoms with E-state index >= 15 is 0 Å². The van der Waals surface area contributed by atoms with Gasteiger partial charge in [0.25, 0.3) is 5.24 Å². The molecule has 1 fully saturated rings. The lowest BCUT2D eigenvalue weighted by Gasteiger charge is -2.48. The van der Waals surface area contributed by atoms with E-state index in [-0.39, 0.29) is 27.2 Å². The molecule has 0 radical (unpaired) electrons. The van der Waals surface area contributed by atoms with Crippen LogP contribution < -0.4 is 11.1 Å². The summed E-state index contributed by atoms with van der Waals surface area (Å²) in [6, 6.07) is -0.575. The fraction of sp³-hybridized carbons (Fsp3) is 0.958. The van der Waals surface area contributed by atoms with Crippen LogP contribution in [0.5, 0.6) is 0 Å². The molecule has 0 aromatic carbocycles. The number of nitrogens with one attached hydrogen (secondary N) is 1. The second kappa shape index (κ2) is 35.7. The van der Waals surface area contributed by atoms with Crippen molar-refractivity contribution in [3.05, 3.63) is 0 Å². The largest absolute Gasteiger partial charge is 0.344 e. The molecule has 0 bridgehead atoms. The number of rotatable bonds is 38. The number of thioether (sulfide) groups is 1. The summed E-state index contributed by atoms with van der Waals surface area (Å²) in [6.07, 6.45) is 45.8. The predicted molar refractivity (Wildman–Crippen MR) is 246 cm³/mol. The molecule has 3 unspecified atom stereocenters. The van der Waals surface area contributed by atoms with Gasteiger partial charge in [-0.25, -0.2) is 0 Å². The topological polar surface area (TPSA) is 81.4 Å². The molecule has 3 atom stereocenters. The number of amides is 1. The van der Waals surface area contributed by atoms with Crippen LogP contribution in [0.25, 0.3) is 0 Å². The number of hydrogen-bond donors (Lipinski definition) is 2. The quantitative estimate of drug-likeness (QED) is 0.0477. The SMILES string of the molecule is CCCCCCCCCCCCCCCCCCOSC(=O)C(N)C1(C)CC(NC(=O)SCCCCCCCCCCCCCCCCCC)CC(C)(C)C1. The average molecular weight is 811 g/mol. The number of unbranched alkanes of at least 4 members (excludes halogenated alkanes) is 30. The summed E-state index contributed by atoms with van der Waals surface area (Å²) in [7, 11) is 0. The van der Waals surface area contributed by atoms with Crippen LogP contribution in [0.2, 0.25) is 0 Å². The second-order valence-electron chi connectivity index (χ2n) is 18.7. The van der Waals surface area contributed by atoms with E-state index in [0.717, 1.165) is 56.3 Å². The minimum atomic E-state index is -0.611. The van der Waals surface area contributed by atoms with E-state index in [0.29, 0.717) is 6.61 Å². The normalized spacial score (nSPS) is 18.8. The highest BCUT2D eigenvalue weighted by Crippen LogP contribution is 2.48. The van der Waals surface area contributed by atoms with Crippen molar-refractivity contribution >= 4 is 34.2 Å². The number of nitrogens with two attached hydrogens (primary N) is 1. The molecule has 326 valence electrons. The Balaban J connectivity index is 2.09. The molecule has 1 rings (SSSR count). The highest BCUT2D eigenvalue weighted by Gasteiger charge is 2.47. The lowest BCUT2D eigenvalue weighted by molar-refractivity contribution is -0.116. The van der Waals surface area contributed by atoms with Gasteiger partial charge in [-0.3, -0.25) is 9.59 Å². The molecule has 3 N–H and O–H groups in total. The van der Waals surface area contributed by atoms with E-state index in [1.54, 1.807) is 0 Å². The molecular weight excluding hydrogens is 717 g/mol. The van der Waals surface area contributed by atoms with Gasteiger partial charge in [-0.15, -0.1) is 0 Å². The molecule has 1 saturated carbocycles. The summed E-state index contributed by atoms with van der Waals surface area (Å²) in [6.45, 7) is 11.8. The van der Waals surface area contributed by atoms with Crippen molar-refractivity contribution in [3.63, 3.8) is 0 Å². The van der Waals surface area contributed by atoms with Crippen molar-refractivity contribution in [1.29, 1.82) is 0 Å². The van der Waals surface area contributed by atoms with Gasteiger partial charge in [0.2, 0.25) is 5.12 Å². The smallest absolute Gasteiger partial charge is 0.279 e. The summed E-state index contributed by atoms with van der Waals surface area (Å²) in [5.41, 5.74) is 6.28. The van der Waals surface area contributed by atoms with E-state index < -0.39 is 6.04 Å². The first-order valence-corrected chi connectivity index (χ1v) is 25.9.